The summed E-state index contributed by atoms with van der Waals surface area (Å²) in [5, 5.41) is 0. The zero-order valence-corrected chi connectivity index (χ0v) is 24.5. The first-order valence-electron chi connectivity index (χ1n) is 13.5. The van der Waals surface area contributed by atoms with Crippen LogP contribution in [0.4, 0.5) is 0 Å². The lowest BCUT2D eigenvalue weighted by Gasteiger charge is -2.13. The van der Waals surface area contributed by atoms with Crippen LogP contribution >= 0.6 is 0 Å². The molecular weight excluding hydrogens is 536 g/mol. The third-order valence-electron chi connectivity index (χ3n) is 5.98. The van der Waals surface area contributed by atoms with E-state index in [1.807, 2.05) is 88.4 Å². The Bertz CT molecular complexity index is 1500. The molecule has 0 saturated carbocycles. The highest BCUT2D eigenvalue weighted by Gasteiger charge is 2.19. The molecule has 0 atom stereocenters. The summed E-state index contributed by atoms with van der Waals surface area (Å²) in [6, 6.07) is 24.0. The maximum absolute atomic E-state index is 13.3. The summed E-state index contributed by atoms with van der Waals surface area (Å²) in [7, 11) is -3.76. The minimum absolute atomic E-state index is 0.156. The van der Waals surface area contributed by atoms with Gasteiger partial charge in [-0.3, -0.25) is 0 Å². The van der Waals surface area contributed by atoms with Crippen molar-refractivity contribution < 1.29 is 27.4 Å². The Morgan fingerprint density at radius 1 is 0.561 bits per heavy atom. The molecule has 0 aliphatic heterocycles. The lowest BCUT2D eigenvalue weighted by atomic mass is 10.2. The van der Waals surface area contributed by atoms with Crippen molar-refractivity contribution in [2.45, 2.75) is 37.5 Å². The molecule has 0 radical (unpaired) electrons. The van der Waals surface area contributed by atoms with E-state index >= 15 is 0 Å². The topological polar surface area (TPSA) is 71.1 Å². The van der Waals surface area contributed by atoms with E-state index in [1.54, 1.807) is 24.3 Å². The number of hydrogen-bond donors (Lipinski definition) is 0. The molecule has 0 aliphatic carbocycles. The van der Waals surface area contributed by atoms with E-state index in [-0.39, 0.29) is 9.79 Å². The molecule has 0 bridgehead atoms. The standard InChI is InChI=1S/C34H34O6S/c1-5-9-25-11-21-31(37-7-3)33(23-25)39-27-13-17-29(18-14-27)41(35,36)30-19-15-28(16-20-30)40-34-24-26(10-6-2)12-22-32(34)38-8-4/h5-6,9-24H,7-8H2,1-4H3/b9-5+,10-6+. The second-order valence-electron chi connectivity index (χ2n) is 8.93. The molecule has 4 aromatic rings. The predicted molar refractivity (Wildman–Crippen MR) is 163 cm³/mol. The van der Waals surface area contributed by atoms with Gasteiger partial charge in [0.2, 0.25) is 9.84 Å². The fraction of sp³-hybridized carbons (Fsp3) is 0.176. The molecule has 0 N–H and O–H groups in total. The zero-order chi connectivity index (χ0) is 29.2. The summed E-state index contributed by atoms with van der Waals surface area (Å²) in [4.78, 5) is 0.313. The molecule has 0 fully saturated rings. The average molecular weight is 571 g/mol. The van der Waals surface area contributed by atoms with Gasteiger partial charge >= 0.3 is 0 Å². The Labute approximate surface area is 242 Å². The normalized spacial score (nSPS) is 11.6. The predicted octanol–water partition coefficient (Wildman–Crippen LogP) is 8.97. The van der Waals surface area contributed by atoms with E-state index < -0.39 is 9.84 Å². The summed E-state index contributed by atoms with van der Waals surface area (Å²) in [6.07, 6.45) is 7.82. The Kier molecular flexibility index (Phi) is 9.87. The number of hydrogen-bond acceptors (Lipinski definition) is 6. The molecule has 6 nitrogen and oxygen atoms in total. The SMILES string of the molecule is C/C=C/c1ccc(OCC)c(Oc2ccc(S(=O)(=O)c3ccc(Oc4cc(/C=C/C)ccc4OCC)cc3)cc2)c1. The van der Waals surface area contributed by atoms with Crippen molar-refractivity contribution in [3.05, 3.63) is 108 Å². The van der Waals surface area contributed by atoms with Crippen LogP contribution in [0, 0.1) is 0 Å². The summed E-state index contributed by atoms with van der Waals surface area (Å²) >= 11 is 0. The third kappa shape index (κ3) is 7.38. The van der Waals surface area contributed by atoms with Gasteiger partial charge in [0, 0.05) is 0 Å². The van der Waals surface area contributed by atoms with Crippen LogP contribution in [0.1, 0.15) is 38.8 Å². The summed E-state index contributed by atoms with van der Waals surface area (Å²) in [5.41, 5.74) is 1.94. The quantitative estimate of drug-likeness (QED) is 0.169. The lowest BCUT2D eigenvalue weighted by molar-refractivity contribution is 0.321. The fourth-order valence-corrected chi connectivity index (χ4v) is 5.38. The molecule has 4 aromatic carbocycles. The van der Waals surface area contributed by atoms with Gasteiger partial charge in [0.15, 0.2) is 23.0 Å². The van der Waals surface area contributed by atoms with Gasteiger partial charge in [0.05, 0.1) is 23.0 Å². The number of rotatable bonds is 12. The first-order valence-corrected chi connectivity index (χ1v) is 15.0. The van der Waals surface area contributed by atoms with Crippen molar-refractivity contribution >= 4 is 22.0 Å². The van der Waals surface area contributed by atoms with E-state index in [1.165, 1.54) is 24.3 Å². The highest BCUT2D eigenvalue weighted by molar-refractivity contribution is 7.91. The van der Waals surface area contributed by atoms with E-state index in [4.69, 9.17) is 18.9 Å². The maximum Gasteiger partial charge on any atom is 0.206 e. The molecule has 0 heterocycles. The third-order valence-corrected chi connectivity index (χ3v) is 7.76. The van der Waals surface area contributed by atoms with Gasteiger partial charge in [-0.2, -0.15) is 0 Å². The van der Waals surface area contributed by atoms with Crippen LogP contribution in [0.5, 0.6) is 34.5 Å². The minimum atomic E-state index is -3.76. The van der Waals surface area contributed by atoms with Gasteiger partial charge in [0.1, 0.15) is 11.5 Å². The molecular formula is C34H34O6S. The van der Waals surface area contributed by atoms with Gasteiger partial charge in [-0.1, -0.05) is 36.4 Å². The fourth-order valence-electron chi connectivity index (χ4n) is 4.11. The van der Waals surface area contributed by atoms with Crippen molar-refractivity contribution in [2.75, 3.05) is 13.2 Å². The van der Waals surface area contributed by atoms with Gasteiger partial charge in [-0.25, -0.2) is 8.42 Å². The van der Waals surface area contributed by atoms with Crippen LogP contribution in [0.3, 0.4) is 0 Å². The average Bonchev–Trinajstić information content (AvgIpc) is 2.97. The second kappa shape index (κ2) is 13.7. The number of ether oxygens (including phenoxy) is 4. The minimum Gasteiger partial charge on any atom is -0.490 e. The van der Waals surface area contributed by atoms with Gasteiger partial charge in [-0.15, -0.1) is 0 Å². The lowest BCUT2D eigenvalue weighted by Crippen LogP contribution is -2.02. The Hall–Kier alpha value is -4.49. The van der Waals surface area contributed by atoms with E-state index in [0.717, 1.165) is 11.1 Å². The van der Waals surface area contributed by atoms with Crippen LogP contribution in [0.25, 0.3) is 12.2 Å². The molecule has 0 spiro atoms. The molecule has 7 heteroatoms. The molecule has 212 valence electrons. The summed E-state index contributed by atoms with van der Waals surface area (Å²) in [6.45, 7) is 8.69. The first-order chi connectivity index (χ1) is 19.9. The number of allylic oxidation sites excluding steroid dienone is 2. The first kappa shape index (κ1) is 29.5. The second-order valence-corrected chi connectivity index (χ2v) is 10.9. The van der Waals surface area contributed by atoms with Crippen LogP contribution in [-0.2, 0) is 9.84 Å². The molecule has 0 saturated heterocycles. The number of sulfone groups is 1. The Balaban J connectivity index is 1.52. The van der Waals surface area contributed by atoms with Crippen LogP contribution in [0.2, 0.25) is 0 Å². The molecule has 0 amide bonds. The molecule has 0 aromatic heterocycles. The largest absolute Gasteiger partial charge is 0.490 e. The van der Waals surface area contributed by atoms with Gasteiger partial charge < -0.3 is 18.9 Å². The van der Waals surface area contributed by atoms with Crippen molar-refractivity contribution in [1.29, 1.82) is 0 Å². The van der Waals surface area contributed by atoms with Crippen LogP contribution < -0.4 is 18.9 Å². The molecule has 0 aliphatic rings. The van der Waals surface area contributed by atoms with Crippen molar-refractivity contribution in [2.24, 2.45) is 0 Å². The van der Waals surface area contributed by atoms with Crippen molar-refractivity contribution in [3.63, 3.8) is 0 Å². The smallest absolute Gasteiger partial charge is 0.206 e. The van der Waals surface area contributed by atoms with Crippen LogP contribution in [0.15, 0.2) is 107 Å². The number of benzene rings is 4. The zero-order valence-electron chi connectivity index (χ0n) is 23.7. The Morgan fingerprint density at radius 2 is 0.951 bits per heavy atom. The van der Waals surface area contributed by atoms with Crippen molar-refractivity contribution in [1.82, 2.24) is 0 Å². The summed E-state index contributed by atoms with van der Waals surface area (Å²) < 4.78 is 50.2. The molecule has 41 heavy (non-hydrogen) atoms. The highest BCUT2D eigenvalue weighted by atomic mass is 32.2. The van der Waals surface area contributed by atoms with Crippen LogP contribution in [-0.4, -0.2) is 21.6 Å². The van der Waals surface area contributed by atoms with E-state index in [0.29, 0.717) is 47.7 Å². The highest BCUT2D eigenvalue weighted by Crippen LogP contribution is 2.36. The van der Waals surface area contributed by atoms with E-state index in [2.05, 4.69) is 0 Å². The van der Waals surface area contributed by atoms with Gasteiger partial charge in [0.25, 0.3) is 0 Å². The van der Waals surface area contributed by atoms with Gasteiger partial charge in [-0.05, 0) is 112 Å². The maximum atomic E-state index is 13.3. The van der Waals surface area contributed by atoms with E-state index in [9.17, 15) is 8.42 Å². The Morgan fingerprint density at radius 3 is 1.29 bits per heavy atom. The van der Waals surface area contributed by atoms with Crippen molar-refractivity contribution in [3.8, 4) is 34.5 Å². The molecule has 0 unspecified atom stereocenters. The molecule has 4 rings (SSSR count). The summed E-state index contributed by atoms with van der Waals surface area (Å²) in [5.74, 6) is 3.33. The monoisotopic (exact) mass is 570 g/mol.